The fraction of sp³-hybridized carbons (Fsp3) is 0.462. The zero-order valence-corrected chi connectivity index (χ0v) is 21.6. The topological polar surface area (TPSA) is 103 Å². The molecule has 14 heteroatoms. The summed E-state index contributed by atoms with van der Waals surface area (Å²) in [5, 5.41) is 23.2. The average Bonchev–Trinajstić information content (AvgIpc) is 3.51. The number of alkyl halides is 3. The summed E-state index contributed by atoms with van der Waals surface area (Å²) < 4.78 is 68.6. The quantitative estimate of drug-likeness (QED) is 0.342. The predicted molar refractivity (Wildman–Crippen MR) is 133 cm³/mol. The molecule has 0 spiro atoms. The minimum absolute atomic E-state index is 0.118. The monoisotopic (exact) mass is 561 g/mol. The average molecular weight is 562 g/mol. The third kappa shape index (κ3) is 5.02. The molecule has 0 radical (unpaired) electrons. The molecule has 2 aliphatic rings. The van der Waals surface area contributed by atoms with Gasteiger partial charge in [0.2, 0.25) is 0 Å². The second-order valence-electron chi connectivity index (χ2n) is 10.1. The van der Waals surface area contributed by atoms with E-state index in [1.807, 2.05) is 11.6 Å². The van der Waals surface area contributed by atoms with Gasteiger partial charge in [-0.2, -0.15) is 18.3 Å². The third-order valence-corrected chi connectivity index (χ3v) is 7.55. The maximum Gasteiger partial charge on any atom is 0.420 e. The number of piperidine rings is 1. The lowest BCUT2D eigenvalue weighted by Gasteiger charge is -2.41. The van der Waals surface area contributed by atoms with E-state index in [1.54, 1.807) is 0 Å². The van der Waals surface area contributed by atoms with Gasteiger partial charge in [0.1, 0.15) is 41.1 Å². The molecule has 4 aromatic heterocycles. The number of hydrogen-bond donors (Lipinski definition) is 1. The highest BCUT2D eigenvalue weighted by Crippen LogP contribution is 2.39. The number of aliphatic hydroxyl groups is 1. The molecule has 40 heavy (non-hydrogen) atoms. The first kappa shape index (κ1) is 26.6. The van der Waals surface area contributed by atoms with E-state index in [4.69, 9.17) is 9.47 Å². The lowest BCUT2D eigenvalue weighted by Crippen LogP contribution is -2.52. The van der Waals surface area contributed by atoms with E-state index < -0.39 is 30.3 Å². The Balaban J connectivity index is 1.29. The summed E-state index contributed by atoms with van der Waals surface area (Å²) in [5.41, 5.74) is 0.565. The predicted octanol–water partition coefficient (Wildman–Crippen LogP) is 3.60. The van der Waals surface area contributed by atoms with Gasteiger partial charge in [-0.05, 0) is 38.0 Å². The highest BCUT2D eigenvalue weighted by atomic mass is 19.4. The molecule has 10 nitrogen and oxygen atoms in total. The minimum atomic E-state index is -4.68. The van der Waals surface area contributed by atoms with Crippen molar-refractivity contribution in [3.63, 3.8) is 0 Å². The highest BCUT2D eigenvalue weighted by Gasteiger charge is 2.36. The molecule has 0 saturated carbocycles. The number of likely N-dealkylation sites (tertiary alicyclic amines) is 1. The number of aromatic nitrogens is 6. The summed E-state index contributed by atoms with van der Waals surface area (Å²) in [4.78, 5) is 6.24. The summed E-state index contributed by atoms with van der Waals surface area (Å²) in [5.74, 6) is -0.726. The van der Waals surface area contributed by atoms with Crippen molar-refractivity contribution in [2.45, 2.75) is 44.1 Å². The van der Waals surface area contributed by atoms with Crippen molar-refractivity contribution < 1.29 is 32.1 Å². The van der Waals surface area contributed by atoms with Crippen LogP contribution in [0.2, 0.25) is 0 Å². The molecular weight excluding hydrogens is 534 g/mol. The molecule has 212 valence electrons. The Morgan fingerprint density at radius 3 is 2.58 bits per heavy atom. The Kier molecular flexibility index (Phi) is 6.92. The molecule has 0 aromatic carbocycles. The standard InChI is InChI=1S/C26H27F4N7O3/c1-15-24(33-34-37(15)18-4-6-35(7-5-18)19-12-39-13-19)16-8-23(25-20(26(28,29)30)10-32-36(25)11-16)40-14-22(38)21-3-2-17(27)9-31-21/h2-3,8-11,18-19,22,38H,4-7,12-14H2,1H3/t22-/m0/s1. The van der Waals surface area contributed by atoms with Gasteiger partial charge in [0.15, 0.2) is 0 Å². The normalized spacial score (nSPS) is 18.2. The first-order valence-electron chi connectivity index (χ1n) is 12.9. The summed E-state index contributed by atoms with van der Waals surface area (Å²) in [7, 11) is 0. The molecule has 4 aromatic rings. The van der Waals surface area contributed by atoms with Crippen LogP contribution in [0.1, 0.15) is 41.9 Å². The SMILES string of the molecule is Cc1c(-c2cc(OC[C@H](O)c3ccc(F)cn3)c3c(C(F)(F)F)cnn3c2)nnn1C1CCN(C2COC2)CC1. The van der Waals surface area contributed by atoms with Gasteiger partial charge < -0.3 is 14.6 Å². The van der Waals surface area contributed by atoms with Crippen LogP contribution in [0.4, 0.5) is 17.6 Å². The van der Waals surface area contributed by atoms with E-state index in [2.05, 4.69) is 25.3 Å². The van der Waals surface area contributed by atoms with Crippen molar-refractivity contribution in [1.82, 2.24) is 34.5 Å². The molecule has 2 saturated heterocycles. The Hall–Kier alpha value is -3.62. The van der Waals surface area contributed by atoms with Crippen LogP contribution in [0, 0.1) is 12.7 Å². The van der Waals surface area contributed by atoms with Gasteiger partial charge in [-0.1, -0.05) is 5.21 Å². The van der Waals surface area contributed by atoms with Gasteiger partial charge in [0, 0.05) is 24.8 Å². The molecule has 0 amide bonds. The molecule has 6 heterocycles. The van der Waals surface area contributed by atoms with E-state index >= 15 is 0 Å². The van der Waals surface area contributed by atoms with Gasteiger partial charge in [-0.3, -0.25) is 9.88 Å². The number of rotatable bonds is 7. The molecule has 0 unspecified atom stereocenters. The molecule has 1 atom stereocenters. The van der Waals surface area contributed by atoms with Crippen LogP contribution in [0.25, 0.3) is 16.8 Å². The first-order valence-corrected chi connectivity index (χ1v) is 12.9. The number of nitrogens with zero attached hydrogens (tertiary/aromatic N) is 7. The largest absolute Gasteiger partial charge is 0.488 e. The number of hydrogen-bond acceptors (Lipinski definition) is 8. The fourth-order valence-electron chi connectivity index (χ4n) is 5.25. The Labute approximate surface area is 226 Å². The summed E-state index contributed by atoms with van der Waals surface area (Å²) in [6.45, 7) is 4.85. The molecular formula is C26H27F4N7O3. The lowest BCUT2D eigenvalue weighted by atomic mass is 10.0. The van der Waals surface area contributed by atoms with E-state index in [0.717, 1.165) is 67.8 Å². The van der Waals surface area contributed by atoms with Crippen LogP contribution < -0.4 is 4.74 Å². The maximum atomic E-state index is 13.8. The van der Waals surface area contributed by atoms with Gasteiger partial charge in [-0.25, -0.2) is 13.6 Å². The Bertz CT molecular complexity index is 1490. The second-order valence-corrected chi connectivity index (χ2v) is 10.1. The maximum absolute atomic E-state index is 13.8. The number of fused-ring (bicyclic) bond motifs is 1. The van der Waals surface area contributed by atoms with Crippen LogP contribution in [-0.4, -0.2) is 78.6 Å². The van der Waals surface area contributed by atoms with Crippen LogP contribution in [-0.2, 0) is 10.9 Å². The zero-order valence-electron chi connectivity index (χ0n) is 21.6. The van der Waals surface area contributed by atoms with E-state index in [-0.39, 0.29) is 23.0 Å². The van der Waals surface area contributed by atoms with Gasteiger partial charge in [0.05, 0.1) is 49.1 Å². The van der Waals surface area contributed by atoms with Crippen LogP contribution in [0.5, 0.6) is 5.75 Å². The van der Waals surface area contributed by atoms with Crippen molar-refractivity contribution in [2.75, 3.05) is 32.9 Å². The van der Waals surface area contributed by atoms with Crippen LogP contribution >= 0.6 is 0 Å². The van der Waals surface area contributed by atoms with Crippen molar-refractivity contribution in [1.29, 1.82) is 0 Å². The molecule has 2 aliphatic heterocycles. The Morgan fingerprint density at radius 1 is 1.15 bits per heavy atom. The van der Waals surface area contributed by atoms with Crippen LogP contribution in [0.15, 0.2) is 36.8 Å². The number of ether oxygens (including phenoxy) is 2. The minimum Gasteiger partial charge on any atom is -0.488 e. The highest BCUT2D eigenvalue weighted by molar-refractivity contribution is 5.73. The second kappa shape index (κ2) is 10.4. The molecule has 2 fully saturated rings. The van der Waals surface area contributed by atoms with E-state index in [1.165, 1.54) is 18.3 Å². The van der Waals surface area contributed by atoms with Crippen molar-refractivity contribution >= 4 is 5.52 Å². The summed E-state index contributed by atoms with van der Waals surface area (Å²) in [6.07, 6.45) is -1.06. The first-order chi connectivity index (χ1) is 19.2. The van der Waals surface area contributed by atoms with Crippen molar-refractivity contribution in [3.05, 3.63) is 59.6 Å². The summed E-state index contributed by atoms with van der Waals surface area (Å²) in [6, 6.07) is 4.48. The van der Waals surface area contributed by atoms with E-state index in [9.17, 15) is 22.7 Å². The summed E-state index contributed by atoms with van der Waals surface area (Å²) >= 11 is 0. The smallest absolute Gasteiger partial charge is 0.420 e. The lowest BCUT2D eigenvalue weighted by molar-refractivity contribution is -0.136. The number of halogens is 4. The van der Waals surface area contributed by atoms with Gasteiger partial charge in [-0.15, -0.1) is 5.10 Å². The molecule has 6 rings (SSSR count). The van der Waals surface area contributed by atoms with Crippen LogP contribution in [0.3, 0.4) is 0 Å². The number of pyridine rings is 2. The molecule has 0 bridgehead atoms. The zero-order chi connectivity index (χ0) is 28.0. The number of aliphatic hydroxyl groups excluding tert-OH is 1. The van der Waals surface area contributed by atoms with E-state index in [0.29, 0.717) is 17.3 Å². The van der Waals surface area contributed by atoms with Crippen molar-refractivity contribution in [3.8, 4) is 17.0 Å². The van der Waals surface area contributed by atoms with Gasteiger partial charge in [0.25, 0.3) is 0 Å². The molecule has 0 aliphatic carbocycles. The Morgan fingerprint density at radius 2 is 1.93 bits per heavy atom. The molecule has 1 N–H and O–H groups in total. The third-order valence-electron chi connectivity index (χ3n) is 7.55. The van der Waals surface area contributed by atoms with Crippen molar-refractivity contribution in [2.24, 2.45) is 0 Å². The fourth-order valence-corrected chi connectivity index (χ4v) is 5.25. The van der Waals surface area contributed by atoms with Gasteiger partial charge >= 0.3 is 6.18 Å².